The van der Waals surface area contributed by atoms with E-state index in [4.69, 9.17) is 20.3 Å². The molecule has 1 aromatic carbocycles. The number of para-hydroxylation sites is 1. The van der Waals surface area contributed by atoms with Crippen LogP contribution in [0, 0.1) is 0 Å². The smallest absolute Gasteiger partial charge is 0.351 e. The van der Waals surface area contributed by atoms with Crippen molar-refractivity contribution < 1.29 is 19.7 Å². The standard InChI is InChI=1S/C15H16N4O5/c16-7-2-1-3-9-13(7)17-14-10(23-9)5-19(15(22)18-14)12-4-8(21)11(6-20)24-12/h1-3,5,8,11-12,20-21H,4,6,16H2,(H,17,18,22). The Balaban J connectivity index is 1.70. The predicted octanol–water partition coefficient (Wildman–Crippen LogP) is 0.315. The van der Waals surface area contributed by atoms with Crippen LogP contribution in [0.25, 0.3) is 0 Å². The van der Waals surface area contributed by atoms with Crippen molar-refractivity contribution in [1.82, 2.24) is 9.55 Å². The number of nitrogens with two attached hydrogens (primary N) is 1. The lowest BCUT2D eigenvalue weighted by atomic mass is 10.2. The van der Waals surface area contributed by atoms with Crippen LogP contribution in [-0.4, -0.2) is 38.6 Å². The van der Waals surface area contributed by atoms with Gasteiger partial charge in [-0.3, -0.25) is 4.57 Å². The molecule has 9 nitrogen and oxygen atoms in total. The van der Waals surface area contributed by atoms with Gasteiger partial charge in [0.05, 0.1) is 24.6 Å². The SMILES string of the molecule is Nc1cccc2c1Nc1nc(=O)n(C3CC(O)C(CO)O3)cc1O2. The summed E-state index contributed by atoms with van der Waals surface area (Å²) < 4.78 is 12.5. The molecule has 2 aromatic rings. The topological polar surface area (TPSA) is 132 Å². The highest BCUT2D eigenvalue weighted by molar-refractivity contribution is 5.82. The fraction of sp³-hybridized carbons (Fsp3) is 0.333. The molecule has 0 spiro atoms. The first-order valence-corrected chi connectivity index (χ1v) is 7.47. The van der Waals surface area contributed by atoms with Crippen molar-refractivity contribution in [3.63, 3.8) is 0 Å². The molecule has 5 N–H and O–H groups in total. The lowest BCUT2D eigenvalue weighted by Crippen LogP contribution is -2.29. The van der Waals surface area contributed by atoms with E-state index < -0.39 is 24.1 Å². The summed E-state index contributed by atoms with van der Waals surface area (Å²) in [5.41, 5.74) is 6.37. The second-order valence-corrected chi connectivity index (χ2v) is 5.71. The first-order valence-electron chi connectivity index (χ1n) is 7.47. The lowest BCUT2D eigenvalue weighted by Gasteiger charge is -2.23. The van der Waals surface area contributed by atoms with E-state index in [0.29, 0.717) is 22.9 Å². The molecule has 4 rings (SSSR count). The Bertz CT molecular complexity index is 852. The summed E-state index contributed by atoms with van der Waals surface area (Å²) in [7, 11) is 0. The number of nitrogens with zero attached hydrogens (tertiary/aromatic N) is 2. The monoisotopic (exact) mass is 332 g/mol. The van der Waals surface area contributed by atoms with E-state index in [-0.39, 0.29) is 18.8 Å². The molecule has 2 aliphatic heterocycles. The molecule has 24 heavy (non-hydrogen) atoms. The minimum Gasteiger partial charge on any atom is -0.450 e. The van der Waals surface area contributed by atoms with Crippen LogP contribution in [0.15, 0.2) is 29.2 Å². The minimum absolute atomic E-state index is 0.183. The van der Waals surface area contributed by atoms with Crippen LogP contribution < -0.4 is 21.5 Å². The maximum absolute atomic E-state index is 12.3. The number of aliphatic hydroxyl groups is 2. The molecule has 1 aromatic heterocycles. The highest BCUT2D eigenvalue weighted by Gasteiger charge is 2.35. The fourth-order valence-electron chi connectivity index (χ4n) is 2.88. The second kappa shape index (κ2) is 5.48. The number of nitrogen functional groups attached to an aromatic ring is 1. The van der Waals surface area contributed by atoms with Crippen LogP contribution in [0.1, 0.15) is 12.6 Å². The van der Waals surface area contributed by atoms with Gasteiger partial charge in [0.25, 0.3) is 0 Å². The number of ether oxygens (including phenoxy) is 2. The quantitative estimate of drug-likeness (QED) is 0.493. The van der Waals surface area contributed by atoms with Crippen molar-refractivity contribution in [1.29, 1.82) is 0 Å². The molecule has 3 atom stereocenters. The number of anilines is 3. The maximum Gasteiger partial charge on any atom is 0.351 e. The molecule has 0 amide bonds. The molecule has 0 saturated carbocycles. The summed E-state index contributed by atoms with van der Waals surface area (Å²) in [4.78, 5) is 16.2. The number of hydrogen-bond acceptors (Lipinski definition) is 8. The molecule has 126 valence electrons. The lowest BCUT2D eigenvalue weighted by molar-refractivity contribution is -0.0459. The number of hydrogen-bond donors (Lipinski definition) is 4. The van der Waals surface area contributed by atoms with Crippen molar-refractivity contribution >= 4 is 17.2 Å². The van der Waals surface area contributed by atoms with Gasteiger partial charge >= 0.3 is 5.69 Å². The molecule has 0 radical (unpaired) electrons. The van der Waals surface area contributed by atoms with Crippen LogP contribution in [0.2, 0.25) is 0 Å². The fourth-order valence-corrected chi connectivity index (χ4v) is 2.88. The summed E-state index contributed by atoms with van der Waals surface area (Å²) >= 11 is 0. The van der Waals surface area contributed by atoms with Crippen LogP contribution in [0.3, 0.4) is 0 Å². The first-order chi connectivity index (χ1) is 11.6. The van der Waals surface area contributed by atoms with Crippen molar-refractivity contribution in [3.05, 3.63) is 34.9 Å². The molecule has 1 saturated heterocycles. The average molecular weight is 332 g/mol. The van der Waals surface area contributed by atoms with Gasteiger partial charge in [-0.15, -0.1) is 0 Å². The molecule has 2 aliphatic rings. The summed E-state index contributed by atoms with van der Waals surface area (Å²) in [6.07, 6.45) is -0.628. The van der Waals surface area contributed by atoms with Gasteiger partial charge < -0.3 is 30.7 Å². The summed E-state index contributed by atoms with van der Waals surface area (Å²) in [5, 5.41) is 22.0. The zero-order valence-corrected chi connectivity index (χ0v) is 12.5. The number of benzene rings is 1. The van der Waals surface area contributed by atoms with Gasteiger partial charge in [0.1, 0.15) is 18.0 Å². The number of aliphatic hydroxyl groups excluding tert-OH is 2. The third-order valence-electron chi connectivity index (χ3n) is 4.13. The number of nitrogens with one attached hydrogen (secondary N) is 1. The van der Waals surface area contributed by atoms with Crippen LogP contribution in [0.4, 0.5) is 17.2 Å². The third-order valence-corrected chi connectivity index (χ3v) is 4.13. The molecule has 3 heterocycles. The van der Waals surface area contributed by atoms with Gasteiger partial charge in [-0.2, -0.15) is 4.98 Å². The van der Waals surface area contributed by atoms with E-state index in [1.807, 2.05) is 0 Å². The number of fused-ring (bicyclic) bond motifs is 2. The summed E-state index contributed by atoms with van der Waals surface area (Å²) in [5.74, 6) is 1.13. The van der Waals surface area contributed by atoms with Gasteiger partial charge in [0.15, 0.2) is 17.3 Å². The molecule has 1 fully saturated rings. The summed E-state index contributed by atoms with van der Waals surface area (Å²) in [6, 6.07) is 5.21. The Hall–Kier alpha value is -2.62. The third kappa shape index (κ3) is 2.30. The molecule has 0 aliphatic carbocycles. The number of rotatable bonds is 2. The Morgan fingerprint density at radius 1 is 1.42 bits per heavy atom. The van der Waals surface area contributed by atoms with E-state index >= 15 is 0 Å². The normalized spacial score (nSPS) is 24.7. The Kier molecular flexibility index (Phi) is 3.41. The predicted molar refractivity (Wildman–Crippen MR) is 84.3 cm³/mol. The van der Waals surface area contributed by atoms with Crippen molar-refractivity contribution in [2.75, 3.05) is 17.7 Å². The van der Waals surface area contributed by atoms with E-state index in [9.17, 15) is 9.90 Å². The average Bonchev–Trinajstić information content (AvgIpc) is 2.94. The van der Waals surface area contributed by atoms with Crippen molar-refractivity contribution in [2.24, 2.45) is 0 Å². The molecule has 0 bridgehead atoms. The maximum atomic E-state index is 12.3. The zero-order valence-electron chi connectivity index (χ0n) is 12.5. The van der Waals surface area contributed by atoms with Gasteiger partial charge in [-0.1, -0.05) is 6.07 Å². The van der Waals surface area contributed by atoms with Crippen LogP contribution in [0.5, 0.6) is 11.5 Å². The van der Waals surface area contributed by atoms with E-state index in [1.165, 1.54) is 10.8 Å². The van der Waals surface area contributed by atoms with E-state index in [0.717, 1.165) is 0 Å². The first kappa shape index (κ1) is 14.9. The second-order valence-electron chi connectivity index (χ2n) is 5.71. The number of aromatic nitrogens is 2. The van der Waals surface area contributed by atoms with E-state index in [2.05, 4.69) is 10.3 Å². The molecule has 3 unspecified atom stereocenters. The molecular weight excluding hydrogens is 316 g/mol. The zero-order chi connectivity index (χ0) is 16.8. The highest BCUT2D eigenvalue weighted by atomic mass is 16.5. The van der Waals surface area contributed by atoms with Gasteiger partial charge in [-0.05, 0) is 12.1 Å². The minimum atomic E-state index is -0.845. The van der Waals surface area contributed by atoms with Crippen LogP contribution >= 0.6 is 0 Å². The molecule has 9 heteroatoms. The van der Waals surface area contributed by atoms with E-state index in [1.54, 1.807) is 18.2 Å². The summed E-state index contributed by atoms with van der Waals surface area (Å²) in [6.45, 7) is -0.324. The Labute approximate surface area is 136 Å². The largest absolute Gasteiger partial charge is 0.450 e. The van der Waals surface area contributed by atoms with Crippen LogP contribution in [-0.2, 0) is 4.74 Å². The van der Waals surface area contributed by atoms with Gasteiger partial charge in [0, 0.05) is 6.42 Å². The van der Waals surface area contributed by atoms with Crippen molar-refractivity contribution in [2.45, 2.75) is 24.9 Å². The Morgan fingerprint density at radius 2 is 2.25 bits per heavy atom. The van der Waals surface area contributed by atoms with Gasteiger partial charge in [0.2, 0.25) is 0 Å². The molecular formula is C15H16N4O5. The van der Waals surface area contributed by atoms with Gasteiger partial charge in [-0.25, -0.2) is 4.79 Å². The highest BCUT2D eigenvalue weighted by Crippen LogP contribution is 2.43. The Morgan fingerprint density at radius 3 is 3.00 bits per heavy atom. The van der Waals surface area contributed by atoms with Crippen molar-refractivity contribution in [3.8, 4) is 11.5 Å².